The molecule has 0 N–H and O–H groups in total. The molecule has 0 unspecified atom stereocenters. The summed E-state index contributed by atoms with van der Waals surface area (Å²) in [5.74, 6) is -0.457. The van der Waals surface area contributed by atoms with E-state index in [-0.39, 0.29) is 21.8 Å². The van der Waals surface area contributed by atoms with Crippen molar-refractivity contribution in [2.75, 3.05) is 0 Å². The Hall–Kier alpha value is -0.650. The molecule has 1 aliphatic heterocycles. The van der Waals surface area contributed by atoms with Gasteiger partial charge in [-0.2, -0.15) is 0 Å². The Morgan fingerprint density at radius 3 is 2.50 bits per heavy atom. The number of ether oxygens (including phenoxy) is 1. The number of hydrogen-bond acceptors (Lipinski definition) is 2. The van der Waals surface area contributed by atoms with E-state index in [4.69, 9.17) is 4.74 Å². The summed E-state index contributed by atoms with van der Waals surface area (Å²) in [6.07, 6.45) is 0.214. The van der Waals surface area contributed by atoms with E-state index in [0.717, 1.165) is 5.56 Å². The Labute approximate surface area is 94.6 Å². The average Bonchev–Trinajstić information content (AvgIpc) is 2.47. The van der Waals surface area contributed by atoms with Crippen LogP contribution in [0.2, 0.25) is 0 Å². The molecule has 0 aromatic heterocycles. The molecule has 1 aliphatic rings. The van der Waals surface area contributed by atoms with Gasteiger partial charge in [-0.1, -0.05) is 34.7 Å². The molecule has 0 bridgehead atoms. The summed E-state index contributed by atoms with van der Waals surface area (Å²) in [5, 5.41) is 0. The van der Waals surface area contributed by atoms with E-state index >= 15 is 0 Å². The van der Waals surface area contributed by atoms with Gasteiger partial charge >= 0.3 is 5.97 Å². The van der Waals surface area contributed by atoms with Crippen LogP contribution in [-0.2, 0) is 9.53 Å². The number of benzene rings is 1. The maximum atomic E-state index is 12.6. The SMILES string of the molecule is O=C1C[C@@H](I)[C@H](c2ccc(F)cc2)O1. The Balaban J connectivity index is 2.23. The second-order valence-corrected chi connectivity index (χ2v) is 4.78. The predicted octanol–water partition coefficient (Wildman–Crippen LogP) is 2.62. The van der Waals surface area contributed by atoms with Crippen molar-refractivity contribution in [1.82, 2.24) is 0 Å². The molecule has 1 aromatic carbocycles. The molecule has 1 saturated heterocycles. The lowest BCUT2D eigenvalue weighted by atomic mass is 10.1. The third kappa shape index (κ3) is 1.89. The average molecular weight is 306 g/mol. The van der Waals surface area contributed by atoms with Gasteiger partial charge in [-0.05, 0) is 17.7 Å². The van der Waals surface area contributed by atoms with Crippen LogP contribution in [0.5, 0.6) is 0 Å². The summed E-state index contributed by atoms with van der Waals surface area (Å²) in [6, 6.07) is 6.07. The maximum absolute atomic E-state index is 12.6. The monoisotopic (exact) mass is 306 g/mol. The fourth-order valence-electron chi connectivity index (χ4n) is 1.46. The number of cyclic esters (lactones) is 1. The fourth-order valence-corrected chi connectivity index (χ4v) is 2.38. The molecule has 14 heavy (non-hydrogen) atoms. The van der Waals surface area contributed by atoms with Crippen molar-refractivity contribution >= 4 is 28.6 Å². The fraction of sp³-hybridized carbons (Fsp3) is 0.300. The zero-order chi connectivity index (χ0) is 10.1. The first kappa shape index (κ1) is 9.89. The number of carbonyl (C=O) groups is 1. The Bertz CT molecular complexity index is 350. The molecule has 2 nitrogen and oxygen atoms in total. The molecule has 2 atom stereocenters. The molecule has 0 amide bonds. The third-order valence-corrected chi connectivity index (χ3v) is 3.24. The first-order chi connectivity index (χ1) is 6.66. The van der Waals surface area contributed by atoms with E-state index in [1.165, 1.54) is 12.1 Å². The molecule has 0 radical (unpaired) electrons. The molecule has 0 spiro atoms. The van der Waals surface area contributed by atoms with Crippen LogP contribution in [0.15, 0.2) is 24.3 Å². The van der Waals surface area contributed by atoms with Crippen LogP contribution in [0.3, 0.4) is 0 Å². The van der Waals surface area contributed by atoms with Crippen LogP contribution in [0, 0.1) is 5.82 Å². The van der Waals surface area contributed by atoms with Crippen molar-refractivity contribution in [2.24, 2.45) is 0 Å². The van der Waals surface area contributed by atoms with Crippen LogP contribution in [0.4, 0.5) is 4.39 Å². The largest absolute Gasteiger partial charge is 0.456 e. The lowest BCUT2D eigenvalue weighted by Gasteiger charge is -2.12. The molecule has 1 fully saturated rings. The highest BCUT2D eigenvalue weighted by molar-refractivity contribution is 14.1. The first-order valence-electron chi connectivity index (χ1n) is 4.26. The summed E-state index contributed by atoms with van der Waals surface area (Å²) < 4.78 is 17.9. The van der Waals surface area contributed by atoms with Gasteiger partial charge in [0, 0.05) is 0 Å². The molecular weight excluding hydrogens is 298 g/mol. The molecular formula is C10H8FIO2. The normalized spacial score (nSPS) is 26.3. The molecule has 1 heterocycles. The topological polar surface area (TPSA) is 26.3 Å². The van der Waals surface area contributed by atoms with Gasteiger partial charge in [0.25, 0.3) is 0 Å². The van der Waals surface area contributed by atoms with Gasteiger partial charge in [0.05, 0.1) is 10.3 Å². The quantitative estimate of drug-likeness (QED) is 0.453. The zero-order valence-electron chi connectivity index (χ0n) is 7.24. The zero-order valence-corrected chi connectivity index (χ0v) is 9.40. The highest BCUT2D eigenvalue weighted by Crippen LogP contribution is 2.35. The van der Waals surface area contributed by atoms with Crippen molar-refractivity contribution < 1.29 is 13.9 Å². The van der Waals surface area contributed by atoms with E-state index in [2.05, 4.69) is 22.6 Å². The second kappa shape index (κ2) is 3.84. The van der Waals surface area contributed by atoms with Crippen molar-refractivity contribution in [1.29, 1.82) is 0 Å². The lowest BCUT2D eigenvalue weighted by molar-refractivity contribution is -0.141. The van der Waals surface area contributed by atoms with Crippen LogP contribution in [0.25, 0.3) is 0 Å². The smallest absolute Gasteiger partial charge is 0.307 e. The Morgan fingerprint density at radius 1 is 1.36 bits per heavy atom. The summed E-state index contributed by atoms with van der Waals surface area (Å²) in [4.78, 5) is 11.0. The lowest BCUT2D eigenvalue weighted by Crippen LogP contribution is -2.05. The highest BCUT2D eigenvalue weighted by atomic mass is 127. The van der Waals surface area contributed by atoms with E-state index in [0.29, 0.717) is 6.42 Å². The van der Waals surface area contributed by atoms with Gasteiger partial charge in [-0.3, -0.25) is 4.79 Å². The molecule has 2 rings (SSSR count). The van der Waals surface area contributed by atoms with Gasteiger partial charge in [-0.25, -0.2) is 4.39 Å². The van der Waals surface area contributed by atoms with Crippen molar-refractivity contribution in [3.05, 3.63) is 35.6 Å². The minimum Gasteiger partial charge on any atom is -0.456 e. The van der Waals surface area contributed by atoms with Gasteiger partial charge < -0.3 is 4.74 Å². The van der Waals surface area contributed by atoms with Crippen LogP contribution >= 0.6 is 22.6 Å². The number of halogens is 2. The van der Waals surface area contributed by atoms with Gasteiger partial charge in [0.1, 0.15) is 11.9 Å². The molecule has 4 heteroatoms. The number of esters is 1. The van der Waals surface area contributed by atoms with Crippen molar-refractivity contribution in [3.8, 4) is 0 Å². The molecule has 1 aromatic rings. The predicted molar refractivity (Wildman–Crippen MR) is 57.7 cm³/mol. The second-order valence-electron chi connectivity index (χ2n) is 3.18. The summed E-state index contributed by atoms with van der Waals surface area (Å²) in [5.41, 5.74) is 0.858. The summed E-state index contributed by atoms with van der Waals surface area (Å²) in [6.45, 7) is 0. The first-order valence-corrected chi connectivity index (χ1v) is 5.50. The Morgan fingerprint density at radius 2 is 2.00 bits per heavy atom. The highest BCUT2D eigenvalue weighted by Gasteiger charge is 2.33. The van der Waals surface area contributed by atoms with E-state index in [1.807, 2.05) is 0 Å². The molecule has 0 saturated carbocycles. The van der Waals surface area contributed by atoms with Crippen LogP contribution < -0.4 is 0 Å². The van der Waals surface area contributed by atoms with E-state index < -0.39 is 0 Å². The van der Waals surface area contributed by atoms with E-state index in [9.17, 15) is 9.18 Å². The van der Waals surface area contributed by atoms with Gasteiger partial charge in [-0.15, -0.1) is 0 Å². The standard InChI is InChI=1S/C10H8FIO2/c11-7-3-1-6(2-4-7)10-8(12)5-9(13)14-10/h1-4,8,10H,5H2/t8-,10+/m1/s1. The number of hydrogen-bond donors (Lipinski definition) is 0. The minimum atomic E-state index is -0.275. The van der Waals surface area contributed by atoms with E-state index in [1.54, 1.807) is 12.1 Å². The maximum Gasteiger partial charge on any atom is 0.307 e. The van der Waals surface area contributed by atoms with Crippen LogP contribution in [-0.4, -0.2) is 9.89 Å². The van der Waals surface area contributed by atoms with Crippen molar-refractivity contribution in [3.63, 3.8) is 0 Å². The van der Waals surface area contributed by atoms with Gasteiger partial charge in [0.2, 0.25) is 0 Å². The molecule has 0 aliphatic carbocycles. The number of rotatable bonds is 1. The molecule has 74 valence electrons. The third-order valence-electron chi connectivity index (χ3n) is 2.15. The van der Waals surface area contributed by atoms with Crippen LogP contribution in [0.1, 0.15) is 18.1 Å². The van der Waals surface area contributed by atoms with Gasteiger partial charge in [0.15, 0.2) is 0 Å². The Kier molecular flexibility index (Phi) is 2.71. The number of carbonyl (C=O) groups excluding carboxylic acids is 1. The summed E-state index contributed by atoms with van der Waals surface area (Å²) >= 11 is 2.18. The minimum absolute atomic E-state index is 0.144. The van der Waals surface area contributed by atoms with Crippen molar-refractivity contribution in [2.45, 2.75) is 16.4 Å². The summed E-state index contributed by atoms with van der Waals surface area (Å²) in [7, 11) is 0. The number of alkyl halides is 1.